The quantitative estimate of drug-likeness (QED) is 0.0575. The molecule has 18 heteroatoms. The van der Waals surface area contributed by atoms with Crippen LogP contribution in [0.25, 0.3) is 0 Å². The molecule has 266 valence electrons. The number of hydrogen-bond acceptors (Lipinski definition) is 14. The number of thiocarbonyl (C=S) groups is 1. The van der Waals surface area contributed by atoms with Gasteiger partial charge in [0.1, 0.15) is 49.8 Å². The van der Waals surface area contributed by atoms with E-state index in [1.807, 2.05) is 30.3 Å². The summed E-state index contributed by atoms with van der Waals surface area (Å²) >= 11 is 10.7. The molecule has 1 saturated carbocycles. The molecule has 0 spiro atoms. The number of methoxy groups -OCH3 is 1. The number of aliphatic hydroxyl groups excluding tert-OH is 3. The highest BCUT2D eigenvalue weighted by molar-refractivity contribution is 8.07. The predicted molar refractivity (Wildman–Crippen MR) is 175 cm³/mol. The zero-order valence-electron chi connectivity index (χ0n) is 26.5. The second-order valence-electron chi connectivity index (χ2n) is 11.2. The zero-order valence-corrected chi connectivity index (χ0v) is 29.0. The van der Waals surface area contributed by atoms with Gasteiger partial charge in [-0.25, -0.2) is 4.79 Å². The monoisotopic (exact) mass is 724 g/mol. The highest BCUT2D eigenvalue weighted by Gasteiger charge is 2.48. The van der Waals surface area contributed by atoms with E-state index >= 15 is 0 Å². The Morgan fingerprint density at radius 1 is 1.06 bits per heavy atom. The first kappa shape index (κ1) is 39.6. The fraction of sp³-hybridized carbons (Fsp3) is 0.690. The minimum absolute atomic E-state index is 0.0490. The van der Waals surface area contributed by atoms with E-state index in [4.69, 9.17) is 56.8 Å². The topological polar surface area (TPSA) is 204 Å². The third kappa shape index (κ3) is 12.2. The van der Waals surface area contributed by atoms with Gasteiger partial charge in [0.15, 0.2) is 6.29 Å². The third-order valence-electron chi connectivity index (χ3n) is 7.79. The van der Waals surface area contributed by atoms with Crippen molar-refractivity contribution in [2.45, 2.75) is 88.1 Å². The van der Waals surface area contributed by atoms with Crippen LogP contribution in [0, 0.1) is 5.92 Å². The van der Waals surface area contributed by atoms with Crippen molar-refractivity contribution in [2.24, 2.45) is 5.92 Å². The summed E-state index contributed by atoms with van der Waals surface area (Å²) in [6, 6.07) is 7.77. The largest absolute Gasteiger partial charge is 0.508 e. The van der Waals surface area contributed by atoms with Crippen LogP contribution in [0.2, 0.25) is 0 Å². The molecule has 0 radical (unpaired) electrons. The van der Waals surface area contributed by atoms with E-state index in [0.717, 1.165) is 5.56 Å². The van der Waals surface area contributed by atoms with Crippen LogP contribution < -0.4 is 10.6 Å². The third-order valence-corrected chi connectivity index (χ3v) is 9.79. The number of ether oxygens (including phenoxy) is 5. The molecule has 1 heterocycles. The maximum atomic E-state index is 12.3. The predicted octanol–water partition coefficient (Wildman–Crippen LogP) is 1.04. The van der Waals surface area contributed by atoms with Crippen molar-refractivity contribution in [3.8, 4) is 0 Å². The summed E-state index contributed by atoms with van der Waals surface area (Å²) in [7, 11) is 2.73. The fourth-order valence-corrected chi connectivity index (χ4v) is 6.73. The molecule has 0 bridgehead atoms. The maximum absolute atomic E-state index is 12.3. The summed E-state index contributed by atoms with van der Waals surface area (Å²) < 4.78 is 38.4. The Morgan fingerprint density at radius 2 is 1.79 bits per heavy atom. The molecule has 1 aliphatic heterocycles. The molecule has 0 aromatic heterocycles. The van der Waals surface area contributed by atoms with Gasteiger partial charge in [-0.05, 0) is 43.1 Å². The average molecular weight is 725 g/mol. The Kier molecular flexibility index (Phi) is 16.3. The van der Waals surface area contributed by atoms with E-state index in [-0.39, 0.29) is 25.9 Å². The average Bonchev–Trinajstić information content (AvgIpc) is 3.36. The highest BCUT2D eigenvalue weighted by Crippen LogP contribution is 2.48. The van der Waals surface area contributed by atoms with E-state index in [1.165, 1.54) is 21.1 Å². The molecule has 2 aliphatic rings. The van der Waals surface area contributed by atoms with Gasteiger partial charge in [-0.1, -0.05) is 42.5 Å². The van der Waals surface area contributed by atoms with Gasteiger partial charge in [-0.2, -0.15) is 0 Å². The summed E-state index contributed by atoms with van der Waals surface area (Å²) in [4.78, 5) is 34.9. The molecule has 1 amide bonds. The molecule has 2 unspecified atom stereocenters. The van der Waals surface area contributed by atoms with E-state index in [9.17, 15) is 29.8 Å². The molecule has 3 rings (SSSR count). The van der Waals surface area contributed by atoms with Gasteiger partial charge >= 0.3 is 12.9 Å². The molecule has 1 saturated heterocycles. The lowest BCUT2D eigenvalue weighted by Crippen LogP contribution is -2.64. The van der Waals surface area contributed by atoms with Crippen LogP contribution in [-0.2, 0) is 55.9 Å². The summed E-state index contributed by atoms with van der Waals surface area (Å²) in [6.07, 6.45) is -5.18. The first-order chi connectivity index (χ1) is 22.4. The SMILES string of the molecule is CO[C@H]1C(OP(O)(=S)OC)[C@@H](COC(=O)OCc2ccccc2)C[C@H]1NC(=S)CCCCO[C@@H]1O[C@H](CO)[C@H](O)[C@H](O)[C@H]1NC(C)=O. The van der Waals surface area contributed by atoms with E-state index in [1.54, 1.807) is 0 Å². The number of benzene rings is 1. The lowest BCUT2D eigenvalue weighted by molar-refractivity contribution is -0.270. The first-order valence-electron chi connectivity index (χ1n) is 15.1. The number of nitrogens with one attached hydrogen (secondary N) is 2. The van der Waals surface area contributed by atoms with Crippen molar-refractivity contribution in [3.63, 3.8) is 0 Å². The molecule has 6 N–H and O–H groups in total. The second kappa shape index (κ2) is 19.4. The number of amides is 1. The van der Waals surface area contributed by atoms with Crippen molar-refractivity contribution < 1.29 is 62.5 Å². The van der Waals surface area contributed by atoms with E-state index < -0.39 is 74.2 Å². The molecule has 1 aromatic rings. The summed E-state index contributed by atoms with van der Waals surface area (Å²) in [6.45, 7) is -2.74. The minimum Gasteiger partial charge on any atom is -0.434 e. The Hall–Kier alpha value is -1.86. The Morgan fingerprint density at radius 3 is 2.43 bits per heavy atom. The van der Waals surface area contributed by atoms with Crippen LogP contribution in [0.4, 0.5) is 4.79 Å². The van der Waals surface area contributed by atoms with Gasteiger partial charge in [0, 0.05) is 33.7 Å². The standard InChI is InChI=1S/C29H45N2O13PS2/c1-17(33)30-23-25(35)24(34)21(14-32)43-28(23)40-12-8-7-11-22(46)31-20-13-19(26(27(20)38-2)44-45(37,47)39-3)16-42-29(36)41-15-18-9-5-4-6-10-18/h4-6,9-10,19-21,23-28,32,34-35H,7-8,11-16H2,1-3H3,(H,30,33)(H,31,46)(H,37,47)/t19-,20-,21-,23-,24+,25-,26?,27-,28-,45?/m1/s1. The van der Waals surface area contributed by atoms with Crippen LogP contribution in [0.5, 0.6) is 0 Å². The van der Waals surface area contributed by atoms with Crippen LogP contribution in [0.1, 0.15) is 38.2 Å². The number of hydrogen-bond donors (Lipinski definition) is 6. The van der Waals surface area contributed by atoms with Crippen LogP contribution >= 0.6 is 18.9 Å². The van der Waals surface area contributed by atoms with Gasteiger partial charge in [0.25, 0.3) is 0 Å². The molecule has 10 atom stereocenters. The van der Waals surface area contributed by atoms with E-state index in [2.05, 4.69) is 10.6 Å². The lowest BCUT2D eigenvalue weighted by Gasteiger charge is -2.42. The number of carbonyl (C=O) groups is 2. The smallest absolute Gasteiger partial charge is 0.434 e. The normalized spacial score (nSPS) is 30.2. The van der Waals surface area contributed by atoms with Gasteiger partial charge in [-0.3, -0.25) is 4.79 Å². The van der Waals surface area contributed by atoms with Gasteiger partial charge in [-0.15, -0.1) is 0 Å². The fourth-order valence-electron chi connectivity index (χ4n) is 5.45. The lowest BCUT2D eigenvalue weighted by atomic mass is 9.97. The number of unbranched alkanes of at least 4 members (excludes halogenated alkanes) is 1. The summed E-state index contributed by atoms with van der Waals surface area (Å²) in [5, 5.41) is 35.8. The molecular formula is C29H45N2O13PS2. The van der Waals surface area contributed by atoms with Crippen LogP contribution in [0.15, 0.2) is 30.3 Å². The molecule has 47 heavy (non-hydrogen) atoms. The molecule has 2 fully saturated rings. The summed E-state index contributed by atoms with van der Waals surface area (Å²) in [5.74, 6) is -0.879. The van der Waals surface area contributed by atoms with Gasteiger partial charge in [0.05, 0.1) is 17.6 Å². The Labute approximate surface area is 284 Å². The maximum Gasteiger partial charge on any atom is 0.508 e. The highest BCUT2D eigenvalue weighted by atomic mass is 32.5. The van der Waals surface area contributed by atoms with Crippen molar-refractivity contribution in [2.75, 3.05) is 34.0 Å². The van der Waals surface area contributed by atoms with Crippen molar-refractivity contribution in [1.29, 1.82) is 0 Å². The second-order valence-corrected chi connectivity index (χ2v) is 14.6. The summed E-state index contributed by atoms with van der Waals surface area (Å²) in [5.41, 5.74) is 0.807. The number of rotatable bonds is 17. The van der Waals surface area contributed by atoms with Crippen molar-refractivity contribution in [3.05, 3.63) is 35.9 Å². The van der Waals surface area contributed by atoms with Crippen LogP contribution in [-0.4, -0.2) is 120 Å². The molecule has 15 nitrogen and oxygen atoms in total. The number of carbonyl (C=O) groups excluding carboxylic acids is 2. The molecule has 1 aromatic carbocycles. The van der Waals surface area contributed by atoms with E-state index in [0.29, 0.717) is 30.7 Å². The first-order valence-corrected chi connectivity index (χ1v) is 18.1. The van der Waals surface area contributed by atoms with Crippen molar-refractivity contribution in [1.82, 2.24) is 10.6 Å². The van der Waals surface area contributed by atoms with Crippen LogP contribution in [0.3, 0.4) is 0 Å². The van der Waals surface area contributed by atoms with Gasteiger partial charge < -0.3 is 63.6 Å². The Balaban J connectivity index is 1.51. The van der Waals surface area contributed by atoms with Crippen molar-refractivity contribution >= 4 is 47.8 Å². The molecule has 1 aliphatic carbocycles. The zero-order chi connectivity index (χ0) is 34.6. The Bertz CT molecular complexity index is 1200. The number of aliphatic hydroxyl groups is 3. The minimum atomic E-state index is -3.60. The van der Waals surface area contributed by atoms with Gasteiger partial charge in [0.2, 0.25) is 5.91 Å². The molecular weight excluding hydrogens is 679 g/mol.